The number of rotatable bonds is 4. The maximum atomic E-state index is 3.73. The van der Waals surface area contributed by atoms with E-state index in [1.165, 1.54) is 36.8 Å². The minimum absolute atomic E-state index is 0.704. The molecule has 1 saturated carbocycles. The fraction of sp³-hybridized carbons (Fsp3) is 0.625. The van der Waals surface area contributed by atoms with Crippen LogP contribution in [0.3, 0.4) is 0 Å². The Kier molecular flexibility index (Phi) is 4.22. The van der Waals surface area contributed by atoms with Crippen LogP contribution in [0.4, 0.5) is 0 Å². The molecule has 0 aromatic heterocycles. The molecule has 0 saturated heterocycles. The van der Waals surface area contributed by atoms with Gasteiger partial charge in [0.05, 0.1) is 0 Å². The minimum Gasteiger partial charge on any atom is -0.313 e. The summed E-state index contributed by atoms with van der Waals surface area (Å²) < 4.78 is 0. The van der Waals surface area contributed by atoms with Gasteiger partial charge >= 0.3 is 0 Å². The van der Waals surface area contributed by atoms with E-state index in [1.54, 1.807) is 5.56 Å². The van der Waals surface area contributed by atoms with Gasteiger partial charge in [-0.3, -0.25) is 0 Å². The number of hydrogen-bond donors (Lipinski definition) is 1. The van der Waals surface area contributed by atoms with Crippen LogP contribution in [0.2, 0.25) is 0 Å². The molecule has 0 heterocycles. The Balaban J connectivity index is 2.17. The molecule has 0 spiro atoms. The fourth-order valence-corrected chi connectivity index (χ4v) is 3.08. The van der Waals surface area contributed by atoms with Crippen LogP contribution in [0.15, 0.2) is 18.2 Å². The predicted molar refractivity (Wildman–Crippen MR) is 74.6 cm³/mol. The number of nitrogens with one attached hydrogen (secondary N) is 1. The van der Waals surface area contributed by atoms with Gasteiger partial charge in [-0.1, -0.05) is 31.5 Å². The Bertz CT molecular complexity index is 370. The van der Waals surface area contributed by atoms with E-state index < -0.39 is 0 Å². The van der Waals surface area contributed by atoms with E-state index in [9.17, 15) is 0 Å². The van der Waals surface area contributed by atoms with Gasteiger partial charge in [-0.05, 0) is 62.3 Å². The zero-order valence-electron chi connectivity index (χ0n) is 11.4. The molecule has 94 valence electrons. The molecule has 1 aliphatic carbocycles. The van der Waals surface area contributed by atoms with Gasteiger partial charge in [-0.15, -0.1) is 0 Å². The topological polar surface area (TPSA) is 12.0 Å². The quantitative estimate of drug-likeness (QED) is 0.827. The molecule has 1 aromatic carbocycles. The first kappa shape index (κ1) is 12.6. The van der Waals surface area contributed by atoms with E-state index in [0.29, 0.717) is 6.04 Å². The molecule has 0 bridgehead atoms. The van der Waals surface area contributed by atoms with Crippen LogP contribution in [-0.4, -0.2) is 12.6 Å². The predicted octanol–water partition coefficient (Wildman–Crippen LogP) is 3.94. The van der Waals surface area contributed by atoms with Gasteiger partial charge in [0.15, 0.2) is 0 Å². The molecule has 1 heteroatoms. The van der Waals surface area contributed by atoms with E-state index in [1.807, 2.05) is 0 Å². The van der Waals surface area contributed by atoms with Crippen LogP contribution in [0.5, 0.6) is 0 Å². The third-order valence-electron chi connectivity index (χ3n) is 4.22. The van der Waals surface area contributed by atoms with Crippen LogP contribution in [0, 0.1) is 13.8 Å². The molecule has 1 aromatic rings. The minimum atomic E-state index is 0.704. The highest BCUT2D eigenvalue weighted by atomic mass is 14.9. The van der Waals surface area contributed by atoms with Gasteiger partial charge in [-0.25, -0.2) is 0 Å². The van der Waals surface area contributed by atoms with E-state index in [4.69, 9.17) is 0 Å². The van der Waals surface area contributed by atoms with Crippen molar-refractivity contribution in [2.24, 2.45) is 0 Å². The van der Waals surface area contributed by atoms with Crippen molar-refractivity contribution in [3.05, 3.63) is 34.9 Å². The van der Waals surface area contributed by atoms with Crippen LogP contribution >= 0.6 is 0 Å². The Morgan fingerprint density at radius 1 is 1.24 bits per heavy atom. The van der Waals surface area contributed by atoms with Gasteiger partial charge in [0.1, 0.15) is 0 Å². The average molecular weight is 231 g/mol. The van der Waals surface area contributed by atoms with Crippen molar-refractivity contribution >= 4 is 0 Å². The summed E-state index contributed by atoms with van der Waals surface area (Å²) in [6.45, 7) is 7.91. The molecular weight excluding hydrogens is 206 g/mol. The van der Waals surface area contributed by atoms with Crippen molar-refractivity contribution in [3.8, 4) is 0 Å². The third-order valence-corrected chi connectivity index (χ3v) is 4.22. The second kappa shape index (κ2) is 5.68. The molecule has 0 aliphatic heterocycles. The lowest BCUT2D eigenvalue weighted by Gasteiger charge is -2.23. The van der Waals surface area contributed by atoms with Gasteiger partial charge < -0.3 is 5.32 Å². The second-order valence-electron chi connectivity index (χ2n) is 5.39. The van der Waals surface area contributed by atoms with E-state index >= 15 is 0 Å². The number of benzene rings is 1. The van der Waals surface area contributed by atoms with E-state index in [2.05, 4.69) is 44.3 Å². The second-order valence-corrected chi connectivity index (χ2v) is 5.39. The fourth-order valence-electron chi connectivity index (χ4n) is 3.08. The van der Waals surface area contributed by atoms with Crippen LogP contribution < -0.4 is 5.32 Å². The summed E-state index contributed by atoms with van der Waals surface area (Å²) in [7, 11) is 0. The molecule has 1 N–H and O–H groups in total. The Labute approximate surface area is 106 Å². The SMILES string of the molecule is CCCNC1CCCC1c1cccc(C)c1C. The summed E-state index contributed by atoms with van der Waals surface area (Å²) >= 11 is 0. The molecule has 2 unspecified atom stereocenters. The van der Waals surface area contributed by atoms with Gasteiger partial charge in [0.25, 0.3) is 0 Å². The summed E-state index contributed by atoms with van der Waals surface area (Å²) in [6, 6.07) is 7.48. The van der Waals surface area contributed by atoms with Crippen LogP contribution in [0.1, 0.15) is 55.2 Å². The Hall–Kier alpha value is -0.820. The molecular formula is C16H25N. The molecule has 1 aliphatic rings. The van der Waals surface area contributed by atoms with Crippen molar-refractivity contribution in [2.45, 2.75) is 58.4 Å². The molecule has 2 atom stereocenters. The summed E-state index contributed by atoms with van der Waals surface area (Å²) in [5.41, 5.74) is 4.52. The van der Waals surface area contributed by atoms with Gasteiger partial charge in [0, 0.05) is 6.04 Å². The van der Waals surface area contributed by atoms with Crippen molar-refractivity contribution in [3.63, 3.8) is 0 Å². The van der Waals surface area contributed by atoms with Gasteiger partial charge in [-0.2, -0.15) is 0 Å². The molecule has 0 radical (unpaired) electrons. The van der Waals surface area contributed by atoms with Gasteiger partial charge in [0.2, 0.25) is 0 Å². The average Bonchev–Trinajstić information content (AvgIpc) is 2.78. The van der Waals surface area contributed by atoms with E-state index in [-0.39, 0.29) is 0 Å². The smallest absolute Gasteiger partial charge is 0.0136 e. The lowest BCUT2D eigenvalue weighted by Crippen LogP contribution is -2.32. The molecule has 2 rings (SSSR count). The van der Waals surface area contributed by atoms with Crippen LogP contribution in [-0.2, 0) is 0 Å². The van der Waals surface area contributed by atoms with Crippen LogP contribution in [0.25, 0.3) is 0 Å². The van der Waals surface area contributed by atoms with E-state index in [0.717, 1.165) is 12.5 Å². The number of aryl methyl sites for hydroxylation is 1. The highest BCUT2D eigenvalue weighted by Gasteiger charge is 2.28. The molecule has 17 heavy (non-hydrogen) atoms. The maximum absolute atomic E-state index is 3.73. The molecule has 0 amide bonds. The molecule has 1 fully saturated rings. The standard InChI is InChI=1S/C16H25N/c1-4-11-17-16-10-6-9-15(16)14-8-5-7-12(2)13(14)3/h5,7-8,15-17H,4,6,9-11H2,1-3H3. The highest BCUT2D eigenvalue weighted by molar-refractivity contribution is 5.37. The highest BCUT2D eigenvalue weighted by Crippen LogP contribution is 2.36. The lowest BCUT2D eigenvalue weighted by atomic mass is 9.88. The summed E-state index contributed by atoms with van der Waals surface area (Å²) in [6.07, 6.45) is 5.30. The summed E-state index contributed by atoms with van der Waals surface area (Å²) in [5.74, 6) is 0.737. The first-order valence-corrected chi connectivity index (χ1v) is 7.03. The maximum Gasteiger partial charge on any atom is 0.0136 e. The zero-order chi connectivity index (χ0) is 12.3. The zero-order valence-corrected chi connectivity index (χ0v) is 11.4. The first-order chi connectivity index (χ1) is 8.24. The normalized spacial score (nSPS) is 24.2. The summed E-state index contributed by atoms with van der Waals surface area (Å²) in [5, 5.41) is 3.73. The van der Waals surface area contributed by atoms with Crippen molar-refractivity contribution < 1.29 is 0 Å². The lowest BCUT2D eigenvalue weighted by molar-refractivity contribution is 0.477. The molecule has 1 nitrogen and oxygen atoms in total. The van der Waals surface area contributed by atoms with Crippen molar-refractivity contribution in [1.82, 2.24) is 5.32 Å². The Morgan fingerprint density at radius 2 is 2.06 bits per heavy atom. The summed E-state index contributed by atoms with van der Waals surface area (Å²) in [4.78, 5) is 0. The third kappa shape index (κ3) is 2.71. The number of hydrogen-bond acceptors (Lipinski definition) is 1. The van der Waals surface area contributed by atoms with Crippen molar-refractivity contribution in [2.75, 3.05) is 6.54 Å². The van der Waals surface area contributed by atoms with Crippen molar-refractivity contribution in [1.29, 1.82) is 0 Å². The Morgan fingerprint density at radius 3 is 2.82 bits per heavy atom. The monoisotopic (exact) mass is 231 g/mol. The first-order valence-electron chi connectivity index (χ1n) is 7.03. The largest absolute Gasteiger partial charge is 0.313 e.